The molecule has 82 valence electrons. The van der Waals surface area contributed by atoms with E-state index in [4.69, 9.17) is 11.6 Å². The van der Waals surface area contributed by atoms with Crippen molar-refractivity contribution >= 4 is 11.6 Å². The molecule has 1 saturated carbocycles. The van der Waals surface area contributed by atoms with Crippen molar-refractivity contribution < 1.29 is 10.2 Å². The van der Waals surface area contributed by atoms with Gasteiger partial charge in [0.05, 0.1) is 5.60 Å². The second-order valence-corrected chi connectivity index (χ2v) is 4.70. The maximum Gasteiger partial charge on any atom is 0.108 e. The van der Waals surface area contributed by atoms with Crippen LogP contribution in [0.4, 0.5) is 0 Å². The smallest absolute Gasteiger partial charge is 0.108 e. The lowest BCUT2D eigenvalue weighted by molar-refractivity contribution is -0.0719. The van der Waals surface area contributed by atoms with Gasteiger partial charge in [-0.2, -0.15) is 0 Å². The highest BCUT2D eigenvalue weighted by molar-refractivity contribution is 6.30. The molecule has 1 aliphatic carbocycles. The minimum atomic E-state index is -0.954. The molecule has 0 saturated heterocycles. The molecule has 0 aromatic heterocycles. The summed E-state index contributed by atoms with van der Waals surface area (Å²) in [5, 5.41) is 20.9. The van der Waals surface area contributed by atoms with E-state index in [0.717, 1.165) is 12.8 Å². The fraction of sp³-hybridized carbons (Fsp3) is 0.500. The number of rotatable bonds is 2. The fourth-order valence-electron chi connectivity index (χ4n) is 2.25. The summed E-state index contributed by atoms with van der Waals surface area (Å²) in [6, 6.07) is 7.06. The molecule has 0 amide bonds. The predicted octanol–water partition coefficient (Wildman–Crippen LogP) is 2.68. The Labute approximate surface area is 94.5 Å². The summed E-state index contributed by atoms with van der Waals surface area (Å²) < 4.78 is 0. The molecule has 2 N–H and O–H groups in total. The van der Waals surface area contributed by atoms with Crippen molar-refractivity contribution in [2.24, 2.45) is 0 Å². The highest BCUT2D eigenvalue weighted by atomic mass is 35.5. The zero-order chi connectivity index (χ0) is 10.9. The van der Waals surface area contributed by atoms with Crippen LogP contribution in [0.3, 0.4) is 0 Å². The molecule has 2 nitrogen and oxygen atoms in total. The predicted molar refractivity (Wildman–Crippen MR) is 59.8 cm³/mol. The van der Waals surface area contributed by atoms with Crippen molar-refractivity contribution in [2.75, 3.05) is 0 Å². The van der Waals surface area contributed by atoms with Crippen molar-refractivity contribution in [3.05, 3.63) is 34.9 Å². The van der Waals surface area contributed by atoms with Gasteiger partial charge in [0.25, 0.3) is 0 Å². The topological polar surface area (TPSA) is 40.5 Å². The molecule has 1 fully saturated rings. The van der Waals surface area contributed by atoms with Crippen LogP contribution in [-0.4, -0.2) is 15.8 Å². The Kier molecular flexibility index (Phi) is 3.01. The number of benzene rings is 1. The first-order chi connectivity index (χ1) is 7.12. The first-order valence-corrected chi connectivity index (χ1v) is 5.65. The normalized spacial score (nSPS) is 21.5. The Hall–Kier alpha value is -0.570. The summed E-state index contributed by atoms with van der Waals surface area (Å²) in [6.07, 6.45) is 2.47. The van der Waals surface area contributed by atoms with Gasteiger partial charge < -0.3 is 10.2 Å². The molecular weight excluding hydrogens is 212 g/mol. The fourth-order valence-corrected chi connectivity index (χ4v) is 2.45. The highest BCUT2D eigenvalue weighted by Crippen LogP contribution is 2.39. The van der Waals surface area contributed by atoms with E-state index in [1.165, 1.54) is 0 Å². The maximum atomic E-state index is 10.2. The van der Waals surface area contributed by atoms with Crippen LogP contribution in [0.5, 0.6) is 0 Å². The van der Waals surface area contributed by atoms with E-state index in [9.17, 15) is 10.2 Å². The standard InChI is InChI=1S/C12H15ClO2/c13-10-5-3-4-9(8-10)11(14)12(15)6-1-2-7-12/h3-5,8,11,14-15H,1-2,6-7H2. The van der Waals surface area contributed by atoms with Crippen molar-refractivity contribution in [1.82, 2.24) is 0 Å². The molecule has 3 heteroatoms. The third kappa shape index (κ3) is 2.17. The number of hydrogen-bond acceptors (Lipinski definition) is 2. The lowest BCUT2D eigenvalue weighted by Crippen LogP contribution is -2.32. The van der Waals surface area contributed by atoms with Gasteiger partial charge in [-0.15, -0.1) is 0 Å². The minimum Gasteiger partial charge on any atom is -0.387 e. The van der Waals surface area contributed by atoms with E-state index in [2.05, 4.69) is 0 Å². The van der Waals surface area contributed by atoms with Gasteiger partial charge in [-0.05, 0) is 30.5 Å². The molecule has 0 bridgehead atoms. The molecule has 0 spiro atoms. The van der Waals surface area contributed by atoms with Gasteiger partial charge in [0.2, 0.25) is 0 Å². The lowest BCUT2D eigenvalue weighted by Gasteiger charge is -2.28. The summed E-state index contributed by atoms with van der Waals surface area (Å²) in [5.41, 5.74) is -0.253. The van der Waals surface area contributed by atoms with E-state index < -0.39 is 11.7 Å². The zero-order valence-electron chi connectivity index (χ0n) is 8.49. The SMILES string of the molecule is OC(c1cccc(Cl)c1)C1(O)CCCC1. The Morgan fingerprint density at radius 1 is 1.27 bits per heavy atom. The monoisotopic (exact) mass is 226 g/mol. The molecule has 0 aliphatic heterocycles. The molecule has 0 heterocycles. The summed E-state index contributed by atoms with van der Waals surface area (Å²) in [7, 11) is 0. The van der Waals surface area contributed by atoms with Crippen LogP contribution in [0.15, 0.2) is 24.3 Å². The Bertz CT molecular complexity index is 345. The molecule has 1 unspecified atom stereocenters. The molecule has 1 atom stereocenters. The number of halogens is 1. The van der Waals surface area contributed by atoms with Crippen LogP contribution in [0.2, 0.25) is 5.02 Å². The Morgan fingerprint density at radius 3 is 2.53 bits per heavy atom. The maximum absolute atomic E-state index is 10.2. The average Bonchev–Trinajstić information content (AvgIpc) is 2.65. The van der Waals surface area contributed by atoms with Gasteiger partial charge in [0, 0.05) is 5.02 Å². The second-order valence-electron chi connectivity index (χ2n) is 4.27. The van der Waals surface area contributed by atoms with Crippen molar-refractivity contribution in [3.8, 4) is 0 Å². The van der Waals surface area contributed by atoms with E-state index in [-0.39, 0.29) is 0 Å². The number of aliphatic hydroxyl groups excluding tert-OH is 1. The third-order valence-electron chi connectivity index (χ3n) is 3.14. The van der Waals surface area contributed by atoms with Gasteiger partial charge in [-0.3, -0.25) is 0 Å². The van der Waals surface area contributed by atoms with Crippen LogP contribution < -0.4 is 0 Å². The zero-order valence-corrected chi connectivity index (χ0v) is 9.24. The minimum absolute atomic E-state index is 0.591. The quantitative estimate of drug-likeness (QED) is 0.814. The largest absolute Gasteiger partial charge is 0.387 e. The first-order valence-electron chi connectivity index (χ1n) is 5.28. The number of hydrogen-bond donors (Lipinski definition) is 2. The van der Waals surface area contributed by atoms with E-state index >= 15 is 0 Å². The molecule has 1 aromatic carbocycles. The average molecular weight is 227 g/mol. The van der Waals surface area contributed by atoms with E-state index in [1.807, 2.05) is 0 Å². The summed E-state index contributed by atoms with van der Waals surface area (Å²) in [6.45, 7) is 0. The molecule has 15 heavy (non-hydrogen) atoms. The van der Waals surface area contributed by atoms with Crippen LogP contribution >= 0.6 is 11.6 Å². The van der Waals surface area contributed by atoms with Gasteiger partial charge in [0.1, 0.15) is 6.10 Å². The van der Waals surface area contributed by atoms with Crippen molar-refractivity contribution in [2.45, 2.75) is 37.4 Å². The summed E-state index contributed by atoms with van der Waals surface area (Å²) in [4.78, 5) is 0. The molecular formula is C12H15ClO2. The van der Waals surface area contributed by atoms with E-state index in [1.54, 1.807) is 24.3 Å². The van der Waals surface area contributed by atoms with Gasteiger partial charge in [-0.1, -0.05) is 36.6 Å². The number of aliphatic hydroxyl groups is 2. The summed E-state index contributed by atoms with van der Waals surface area (Å²) >= 11 is 5.85. The highest BCUT2D eigenvalue weighted by Gasteiger charge is 2.39. The lowest BCUT2D eigenvalue weighted by atomic mass is 9.90. The van der Waals surface area contributed by atoms with E-state index in [0.29, 0.717) is 23.4 Å². The van der Waals surface area contributed by atoms with Crippen LogP contribution in [-0.2, 0) is 0 Å². The van der Waals surface area contributed by atoms with Crippen molar-refractivity contribution in [1.29, 1.82) is 0 Å². The molecule has 0 radical (unpaired) electrons. The second kappa shape index (κ2) is 4.12. The van der Waals surface area contributed by atoms with Crippen molar-refractivity contribution in [3.63, 3.8) is 0 Å². The third-order valence-corrected chi connectivity index (χ3v) is 3.38. The van der Waals surface area contributed by atoms with Crippen LogP contribution in [0.25, 0.3) is 0 Å². The van der Waals surface area contributed by atoms with Gasteiger partial charge in [0.15, 0.2) is 0 Å². The van der Waals surface area contributed by atoms with Crippen LogP contribution in [0, 0.1) is 0 Å². The molecule has 1 aromatic rings. The summed E-state index contributed by atoms with van der Waals surface area (Å²) in [5.74, 6) is 0. The first kappa shape index (κ1) is 10.9. The molecule has 2 rings (SSSR count). The molecule has 1 aliphatic rings. The van der Waals surface area contributed by atoms with Crippen LogP contribution in [0.1, 0.15) is 37.4 Å². The van der Waals surface area contributed by atoms with Gasteiger partial charge in [-0.25, -0.2) is 0 Å². The Balaban J connectivity index is 2.23. The Morgan fingerprint density at radius 2 is 1.93 bits per heavy atom. The van der Waals surface area contributed by atoms with Gasteiger partial charge >= 0.3 is 0 Å².